The van der Waals surface area contributed by atoms with Crippen LogP contribution in [-0.4, -0.2) is 24.0 Å². The quantitative estimate of drug-likeness (QED) is 0.496. The zero-order chi connectivity index (χ0) is 9.80. The summed E-state index contributed by atoms with van der Waals surface area (Å²) >= 11 is 5.72. The maximum atomic E-state index is 5.72. The Morgan fingerprint density at radius 2 is 2.29 bits per heavy atom. The van der Waals surface area contributed by atoms with Gasteiger partial charge >= 0.3 is 0 Å². The van der Waals surface area contributed by atoms with E-state index < -0.39 is 0 Å². The summed E-state index contributed by atoms with van der Waals surface area (Å²) in [6.45, 7) is 1.67. The Bertz CT molecular complexity index is 351. The second-order valence-electron chi connectivity index (χ2n) is 2.75. The number of pyridine rings is 1. The molecule has 1 aliphatic heterocycles. The van der Waals surface area contributed by atoms with Crippen LogP contribution in [0.3, 0.4) is 0 Å². The Morgan fingerprint density at radius 3 is 3.00 bits per heavy atom. The highest BCUT2D eigenvalue weighted by atomic mass is 35.5. The van der Waals surface area contributed by atoms with Gasteiger partial charge in [-0.25, -0.2) is 4.98 Å². The maximum Gasteiger partial charge on any atom is 0.210 e. The van der Waals surface area contributed by atoms with E-state index in [2.05, 4.69) is 26.1 Å². The summed E-state index contributed by atoms with van der Waals surface area (Å²) < 4.78 is 0. The Hall–Kier alpha value is -1.49. The lowest BCUT2D eigenvalue weighted by atomic mass is 10.5. The molecule has 0 fully saturated rings. The zero-order valence-corrected chi connectivity index (χ0v) is 8.17. The van der Waals surface area contributed by atoms with Gasteiger partial charge in [0.1, 0.15) is 11.0 Å². The predicted molar refractivity (Wildman–Crippen MR) is 56.3 cm³/mol. The third-order valence-electron chi connectivity index (χ3n) is 1.70. The average Bonchev–Trinajstić information content (AvgIpc) is 2.67. The van der Waals surface area contributed by atoms with Crippen LogP contribution in [0.25, 0.3) is 0 Å². The molecule has 6 heteroatoms. The van der Waals surface area contributed by atoms with E-state index in [0.29, 0.717) is 11.0 Å². The largest absolute Gasteiger partial charge is 0.353 e. The lowest BCUT2D eigenvalue weighted by molar-refractivity contribution is 0.934. The molecule has 0 aromatic carbocycles. The van der Waals surface area contributed by atoms with Gasteiger partial charge in [0.15, 0.2) is 0 Å². The number of anilines is 1. The predicted octanol–water partition coefficient (Wildman–Crippen LogP) is 0.611. The molecule has 0 bridgehead atoms. The van der Waals surface area contributed by atoms with Gasteiger partial charge in [-0.05, 0) is 12.1 Å². The minimum Gasteiger partial charge on any atom is -0.353 e. The lowest BCUT2D eigenvalue weighted by Gasteiger charge is -2.08. The molecule has 2 heterocycles. The first-order valence-electron chi connectivity index (χ1n) is 4.27. The number of halogens is 1. The van der Waals surface area contributed by atoms with Crippen LogP contribution in [0.2, 0.25) is 5.15 Å². The Balaban J connectivity index is 1.91. The summed E-state index contributed by atoms with van der Waals surface area (Å²) in [7, 11) is 0. The fourth-order valence-electron chi connectivity index (χ4n) is 1.08. The van der Waals surface area contributed by atoms with Gasteiger partial charge in [-0.1, -0.05) is 17.7 Å². The SMILES string of the molecule is Clc1cccc(NNC2=NCCN2)n1. The van der Waals surface area contributed by atoms with Crippen molar-refractivity contribution in [3.63, 3.8) is 0 Å². The normalized spacial score (nSPS) is 14.5. The van der Waals surface area contributed by atoms with Crippen molar-refractivity contribution in [2.24, 2.45) is 4.99 Å². The number of guanidine groups is 1. The molecular formula is C8H10ClN5. The Labute approximate surface area is 86.6 Å². The van der Waals surface area contributed by atoms with Gasteiger partial charge in [0.2, 0.25) is 5.96 Å². The van der Waals surface area contributed by atoms with E-state index in [4.69, 9.17) is 11.6 Å². The molecule has 14 heavy (non-hydrogen) atoms. The summed E-state index contributed by atoms with van der Waals surface area (Å²) in [4.78, 5) is 8.19. The van der Waals surface area contributed by atoms with Crippen LogP contribution >= 0.6 is 11.6 Å². The van der Waals surface area contributed by atoms with Crippen molar-refractivity contribution in [3.05, 3.63) is 23.4 Å². The molecule has 0 aliphatic carbocycles. The molecule has 2 rings (SSSR count). The second-order valence-corrected chi connectivity index (χ2v) is 3.14. The molecule has 0 amide bonds. The van der Waals surface area contributed by atoms with Crippen LogP contribution in [0.1, 0.15) is 0 Å². The van der Waals surface area contributed by atoms with E-state index >= 15 is 0 Å². The van der Waals surface area contributed by atoms with Gasteiger partial charge in [0.05, 0.1) is 6.54 Å². The summed E-state index contributed by atoms with van der Waals surface area (Å²) in [5.74, 6) is 1.39. The molecule has 5 nitrogen and oxygen atoms in total. The molecule has 0 radical (unpaired) electrons. The third-order valence-corrected chi connectivity index (χ3v) is 1.91. The highest BCUT2D eigenvalue weighted by Crippen LogP contribution is 2.07. The smallest absolute Gasteiger partial charge is 0.210 e. The van der Waals surface area contributed by atoms with E-state index in [9.17, 15) is 0 Å². The monoisotopic (exact) mass is 211 g/mol. The van der Waals surface area contributed by atoms with E-state index in [0.717, 1.165) is 19.0 Å². The zero-order valence-electron chi connectivity index (χ0n) is 7.42. The first kappa shape index (κ1) is 9.08. The molecule has 0 atom stereocenters. The average molecular weight is 212 g/mol. The number of aromatic nitrogens is 1. The van der Waals surface area contributed by atoms with Crippen molar-refractivity contribution in [3.8, 4) is 0 Å². The number of hydrogen-bond acceptors (Lipinski definition) is 5. The number of nitrogens with zero attached hydrogens (tertiary/aromatic N) is 2. The topological polar surface area (TPSA) is 61.3 Å². The van der Waals surface area contributed by atoms with Gasteiger partial charge < -0.3 is 5.32 Å². The van der Waals surface area contributed by atoms with Crippen LogP contribution in [0, 0.1) is 0 Å². The van der Waals surface area contributed by atoms with E-state index in [1.54, 1.807) is 6.07 Å². The fourth-order valence-corrected chi connectivity index (χ4v) is 1.25. The first-order valence-corrected chi connectivity index (χ1v) is 4.65. The van der Waals surface area contributed by atoms with E-state index in [-0.39, 0.29) is 0 Å². The van der Waals surface area contributed by atoms with E-state index in [1.165, 1.54) is 0 Å². The highest BCUT2D eigenvalue weighted by Gasteiger charge is 2.03. The second kappa shape index (κ2) is 4.15. The van der Waals surface area contributed by atoms with Gasteiger partial charge in [-0.2, -0.15) is 0 Å². The van der Waals surface area contributed by atoms with Crippen molar-refractivity contribution in [2.75, 3.05) is 18.5 Å². The van der Waals surface area contributed by atoms with Gasteiger partial charge in [0.25, 0.3) is 0 Å². The van der Waals surface area contributed by atoms with Crippen molar-refractivity contribution in [1.29, 1.82) is 0 Å². The van der Waals surface area contributed by atoms with Gasteiger partial charge in [-0.3, -0.25) is 15.8 Å². The summed E-state index contributed by atoms with van der Waals surface area (Å²) in [5, 5.41) is 3.51. The molecule has 3 N–H and O–H groups in total. The Morgan fingerprint density at radius 1 is 1.36 bits per heavy atom. The van der Waals surface area contributed by atoms with Crippen LogP contribution in [0.5, 0.6) is 0 Å². The standard InChI is InChI=1S/C8H10ClN5/c9-6-2-1-3-7(12-6)13-14-8-10-4-5-11-8/h1-3H,4-5H2,(H,12,13)(H2,10,11,14). The van der Waals surface area contributed by atoms with Crippen molar-refractivity contribution >= 4 is 23.4 Å². The van der Waals surface area contributed by atoms with Gasteiger partial charge in [-0.15, -0.1) is 0 Å². The molecule has 0 spiro atoms. The molecular weight excluding hydrogens is 202 g/mol. The van der Waals surface area contributed by atoms with E-state index in [1.807, 2.05) is 12.1 Å². The first-order chi connectivity index (χ1) is 6.84. The number of hydrogen-bond donors (Lipinski definition) is 3. The van der Waals surface area contributed by atoms with Crippen LogP contribution in [-0.2, 0) is 0 Å². The molecule has 1 aromatic rings. The highest BCUT2D eigenvalue weighted by molar-refractivity contribution is 6.29. The summed E-state index contributed by atoms with van der Waals surface area (Å²) in [6, 6.07) is 5.36. The van der Waals surface area contributed by atoms with Crippen molar-refractivity contribution in [2.45, 2.75) is 0 Å². The maximum absolute atomic E-state index is 5.72. The van der Waals surface area contributed by atoms with Crippen molar-refractivity contribution in [1.82, 2.24) is 15.7 Å². The molecule has 74 valence electrons. The summed E-state index contributed by atoms with van der Waals surface area (Å²) in [5.41, 5.74) is 5.78. The number of aliphatic imine (C=N–C) groups is 1. The fraction of sp³-hybridized carbons (Fsp3) is 0.250. The summed E-state index contributed by atoms with van der Waals surface area (Å²) in [6.07, 6.45) is 0. The minimum atomic E-state index is 0.457. The van der Waals surface area contributed by atoms with Crippen molar-refractivity contribution < 1.29 is 0 Å². The lowest BCUT2D eigenvalue weighted by Crippen LogP contribution is -2.37. The molecule has 0 saturated carbocycles. The van der Waals surface area contributed by atoms with Crippen LogP contribution in [0.4, 0.5) is 5.82 Å². The van der Waals surface area contributed by atoms with Crippen LogP contribution in [0.15, 0.2) is 23.2 Å². The number of rotatable bonds is 2. The van der Waals surface area contributed by atoms with Gasteiger partial charge in [0, 0.05) is 6.54 Å². The molecule has 1 aromatic heterocycles. The third kappa shape index (κ3) is 2.26. The Kier molecular flexibility index (Phi) is 2.69. The number of hydrazine groups is 1. The molecule has 1 aliphatic rings. The minimum absolute atomic E-state index is 0.457. The molecule has 0 unspecified atom stereocenters. The number of nitrogens with one attached hydrogen (secondary N) is 3. The van der Waals surface area contributed by atoms with Crippen LogP contribution < -0.4 is 16.2 Å². The molecule has 0 saturated heterocycles.